The number of nitrogens with zero attached hydrogens (tertiary/aromatic N) is 4. The number of fused-ring (bicyclic) bond motifs is 3. The maximum Gasteiger partial charge on any atom is 2.00 e. The zero-order valence-corrected chi connectivity index (χ0v) is 37.5. The molecule has 0 spiro atoms. The molecule has 0 saturated heterocycles. The fourth-order valence-electron chi connectivity index (χ4n) is 8.36. The van der Waals surface area contributed by atoms with Gasteiger partial charge in [0.05, 0.1) is 17.3 Å². The summed E-state index contributed by atoms with van der Waals surface area (Å²) in [4.78, 5) is 5.12. The van der Waals surface area contributed by atoms with E-state index in [0.717, 1.165) is 28.2 Å². The average Bonchev–Trinajstić information content (AvgIpc) is 3.79. The molecule has 0 unspecified atom stereocenters. The Morgan fingerprint density at radius 1 is 0.638 bits per heavy atom. The van der Waals surface area contributed by atoms with Crippen molar-refractivity contribution in [3.8, 4) is 39.6 Å². The molecule has 8 rings (SSSR count). The second kappa shape index (κ2) is 15.6. The molecule has 6 heteroatoms. The Morgan fingerprint density at radius 2 is 1.21 bits per heavy atom. The van der Waals surface area contributed by atoms with Gasteiger partial charge in [-0.05, 0) is 85.0 Å². The van der Waals surface area contributed by atoms with Crippen LogP contribution in [0.2, 0.25) is 0 Å². The van der Waals surface area contributed by atoms with Crippen molar-refractivity contribution in [1.82, 2.24) is 20.0 Å². The van der Waals surface area contributed by atoms with Gasteiger partial charge in [-0.1, -0.05) is 135 Å². The number of hydrogen-bond donors (Lipinski definition) is 0. The predicted molar refractivity (Wildman–Crippen MR) is 232 cm³/mol. The van der Waals surface area contributed by atoms with E-state index in [4.69, 9.17) is 9.72 Å². The van der Waals surface area contributed by atoms with Crippen LogP contribution in [0.4, 0.5) is 0 Å². The van der Waals surface area contributed by atoms with Crippen molar-refractivity contribution in [3.63, 3.8) is 0 Å². The molecular weight excluding hydrogens is 892 g/mol. The normalized spacial score (nSPS) is 13.3. The zero-order chi connectivity index (χ0) is 40.3. The van der Waals surface area contributed by atoms with E-state index in [1.807, 2.05) is 42.7 Å². The van der Waals surface area contributed by atoms with Gasteiger partial charge in [0.25, 0.3) is 0 Å². The molecule has 7 aromatic rings. The summed E-state index contributed by atoms with van der Waals surface area (Å²) in [6.07, 6.45) is 3.90. The van der Waals surface area contributed by atoms with Gasteiger partial charge < -0.3 is 4.74 Å². The van der Waals surface area contributed by atoms with Crippen molar-refractivity contribution in [2.75, 3.05) is 0 Å². The molecule has 0 radical (unpaired) electrons. The molecule has 0 saturated carbocycles. The van der Waals surface area contributed by atoms with Crippen LogP contribution in [0, 0.1) is 12.1 Å². The van der Waals surface area contributed by atoms with Gasteiger partial charge in [0.1, 0.15) is 5.69 Å². The summed E-state index contributed by atoms with van der Waals surface area (Å²) in [6, 6.07) is 46.1. The van der Waals surface area contributed by atoms with Crippen LogP contribution in [0.15, 0.2) is 122 Å². The summed E-state index contributed by atoms with van der Waals surface area (Å²) in [5.41, 5.74) is 13.8. The van der Waals surface area contributed by atoms with Gasteiger partial charge in [-0.25, -0.2) is 4.68 Å². The van der Waals surface area contributed by atoms with Crippen molar-refractivity contribution >= 4 is 0 Å². The molecule has 0 bridgehead atoms. The van der Waals surface area contributed by atoms with Crippen LogP contribution >= 0.6 is 0 Å². The van der Waals surface area contributed by atoms with Crippen LogP contribution in [-0.4, -0.2) is 20.0 Å². The minimum atomic E-state index is -0.738. The molecule has 0 atom stereocenters. The van der Waals surface area contributed by atoms with E-state index in [0.29, 0.717) is 23.3 Å². The third kappa shape index (κ3) is 7.28. The van der Waals surface area contributed by atoms with Gasteiger partial charge in [0.2, 0.25) is 0 Å². The Kier molecular flexibility index (Phi) is 11.0. The van der Waals surface area contributed by atoms with Crippen LogP contribution in [0.3, 0.4) is 0 Å². The van der Waals surface area contributed by atoms with E-state index in [2.05, 4.69) is 171 Å². The Balaban J connectivity index is 0.00000512. The first-order chi connectivity index (χ1) is 27.2. The third-order valence-electron chi connectivity index (χ3n) is 11.4. The predicted octanol–water partition coefficient (Wildman–Crippen LogP) is 12.9. The smallest absolute Gasteiger partial charge is 0.509 e. The van der Waals surface area contributed by atoms with Gasteiger partial charge >= 0.3 is 21.1 Å². The molecule has 0 aliphatic heterocycles. The minimum absolute atomic E-state index is 0. The minimum Gasteiger partial charge on any atom is -0.509 e. The third-order valence-corrected chi connectivity index (χ3v) is 11.4. The molecule has 5 nitrogen and oxygen atoms in total. The maximum atomic E-state index is 6.65. The second-order valence-corrected chi connectivity index (χ2v) is 18.1. The average molecular weight is 944 g/mol. The fourth-order valence-corrected chi connectivity index (χ4v) is 8.36. The van der Waals surface area contributed by atoms with Crippen molar-refractivity contribution in [3.05, 3.63) is 178 Å². The summed E-state index contributed by atoms with van der Waals surface area (Å²) in [5.74, 6) is 1.86. The topological polar surface area (TPSA) is 52.8 Å². The van der Waals surface area contributed by atoms with Gasteiger partial charge in [-0.2, -0.15) is 18.2 Å². The Hall–Kier alpha value is -5.12. The Morgan fingerprint density at radius 3 is 1.76 bits per heavy atom. The molecule has 1 aliphatic carbocycles. The Bertz CT molecular complexity index is 2500. The summed E-state index contributed by atoms with van der Waals surface area (Å²) >= 11 is 0. The molecule has 1 aliphatic rings. The largest absolute Gasteiger partial charge is 2.00 e. The Labute approximate surface area is 359 Å². The molecular formula is C52H52N4OPt. The van der Waals surface area contributed by atoms with Crippen molar-refractivity contribution in [2.24, 2.45) is 0 Å². The number of ether oxygens (including phenoxy) is 1. The van der Waals surface area contributed by atoms with Gasteiger partial charge in [0, 0.05) is 23.3 Å². The summed E-state index contributed by atoms with van der Waals surface area (Å²) in [7, 11) is 0. The van der Waals surface area contributed by atoms with E-state index in [-0.39, 0.29) is 31.9 Å². The molecule has 296 valence electrons. The van der Waals surface area contributed by atoms with Crippen LogP contribution < -0.4 is 4.74 Å². The number of pyridine rings is 1. The molecule has 0 amide bonds. The van der Waals surface area contributed by atoms with E-state index < -0.39 is 5.41 Å². The van der Waals surface area contributed by atoms with E-state index in [1.54, 1.807) is 4.68 Å². The molecule has 0 fully saturated rings. The molecule has 2 heterocycles. The van der Waals surface area contributed by atoms with Crippen molar-refractivity contribution < 1.29 is 25.8 Å². The first-order valence-electron chi connectivity index (χ1n) is 20.2. The van der Waals surface area contributed by atoms with Crippen molar-refractivity contribution in [2.45, 2.75) is 97.3 Å². The number of hydrogen-bond acceptors (Lipinski definition) is 4. The van der Waals surface area contributed by atoms with E-state index in [1.165, 1.54) is 44.5 Å². The van der Waals surface area contributed by atoms with Crippen LogP contribution in [0.25, 0.3) is 28.1 Å². The quantitative estimate of drug-likeness (QED) is 0.142. The molecule has 58 heavy (non-hydrogen) atoms. The van der Waals surface area contributed by atoms with Gasteiger partial charge in [-0.3, -0.25) is 4.98 Å². The van der Waals surface area contributed by atoms with E-state index in [9.17, 15) is 0 Å². The number of rotatable bonds is 8. The second-order valence-electron chi connectivity index (χ2n) is 18.1. The van der Waals surface area contributed by atoms with Crippen LogP contribution in [0.1, 0.15) is 126 Å². The van der Waals surface area contributed by atoms with Crippen LogP contribution in [0.5, 0.6) is 11.5 Å². The summed E-state index contributed by atoms with van der Waals surface area (Å²) < 4.78 is 8.44. The number of benzene rings is 5. The zero-order valence-electron chi connectivity index (χ0n) is 35.2. The standard InChI is InChI=1S/C52H52N4O.Pt/c1-33(2)41-20-15-21-42(34(3)4)49(41)47-32-56(55-54-47)38-17-14-19-40(31-38)57-39-18-13-16-37(28-39)52(48-22-11-12-27-53-48)45-29-35(50(5,6)7)23-25-43(45)44-26-24-36(30-46(44)52)51(8,9)10;/h11-27,29-30,32-34H,1-10H3;/q-2;+2. The SMILES string of the molecule is CC(C)c1cccc(C(C)C)c1-c1cn(-c2[c-]c(Oc3[c-]c(C4(c5ccccn5)c5cc(C(C)(C)C)ccc5-c5ccc(C(C)(C)C)cc54)ccc3)ccc2)nn1.[Pt+2]. The fraction of sp³-hybridized carbons (Fsp3) is 0.288. The summed E-state index contributed by atoms with van der Waals surface area (Å²) in [6.45, 7) is 22.5. The number of aromatic nitrogens is 4. The first kappa shape index (κ1) is 41.1. The van der Waals surface area contributed by atoms with E-state index >= 15 is 0 Å². The molecule has 5 aromatic carbocycles. The first-order valence-corrected chi connectivity index (χ1v) is 20.2. The molecule has 0 N–H and O–H groups in total. The molecule has 2 aromatic heterocycles. The van der Waals surface area contributed by atoms with Crippen LogP contribution in [-0.2, 0) is 37.3 Å². The maximum absolute atomic E-state index is 6.65. The van der Waals surface area contributed by atoms with Gasteiger partial charge in [0.15, 0.2) is 0 Å². The van der Waals surface area contributed by atoms with Gasteiger partial charge in [-0.15, -0.1) is 41.0 Å². The monoisotopic (exact) mass is 943 g/mol. The summed E-state index contributed by atoms with van der Waals surface area (Å²) in [5, 5.41) is 9.25. The van der Waals surface area contributed by atoms with Crippen molar-refractivity contribution in [1.29, 1.82) is 0 Å².